The van der Waals surface area contributed by atoms with Gasteiger partial charge in [0.2, 0.25) is 5.91 Å². The van der Waals surface area contributed by atoms with Gasteiger partial charge in [0.25, 0.3) is 5.91 Å². The highest BCUT2D eigenvalue weighted by Gasteiger charge is 2.39. The molecule has 2 aliphatic heterocycles. The van der Waals surface area contributed by atoms with E-state index in [4.69, 9.17) is 9.84 Å². The van der Waals surface area contributed by atoms with Crippen LogP contribution in [0.5, 0.6) is 5.75 Å². The number of ether oxygens (including phenoxy) is 1. The lowest BCUT2D eigenvalue weighted by Crippen LogP contribution is -2.25. The maximum Gasteiger partial charge on any atom is 0.262 e. The third-order valence-corrected chi connectivity index (χ3v) is 7.14. The summed E-state index contributed by atoms with van der Waals surface area (Å²) in [5.74, 6) is -2.33. The zero-order valence-electron chi connectivity index (χ0n) is 19.7. The van der Waals surface area contributed by atoms with Gasteiger partial charge in [0.1, 0.15) is 11.0 Å². The molecule has 0 saturated carbocycles. The normalized spacial score (nSPS) is 19.0. The summed E-state index contributed by atoms with van der Waals surface area (Å²) in [6, 6.07) is 20.3. The molecule has 5 rings (SSSR count). The molecule has 188 valence electrons. The number of amides is 2. The molecule has 0 aromatic heterocycles. The minimum atomic E-state index is -1.07. The third-order valence-electron chi connectivity index (χ3n) is 6.00. The first-order chi connectivity index (χ1) is 17.9. The average molecular weight is 521 g/mol. The molecule has 2 aliphatic rings. The number of carbonyl (C=O) groups is 2. The van der Waals surface area contributed by atoms with Crippen LogP contribution in [0.15, 0.2) is 82.9 Å². The van der Waals surface area contributed by atoms with Gasteiger partial charge < -0.3 is 10.1 Å². The number of halogens is 2. The number of thioether (sulfide) groups is 1. The Hall–Kier alpha value is -4.05. The van der Waals surface area contributed by atoms with Gasteiger partial charge in [-0.25, -0.2) is 13.8 Å². The summed E-state index contributed by atoms with van der Waals surface area (Å²) in [6.45, 7) is 0. The van der Waals surface area contributed by atoms with Crippen molar-refractivity contribution in [3.63, 3.8) is 0 Å². The standard InChI is InChI=1S/C27H22F2N4O3S/c1-36-19-9-5-8-17(12-19)23-14-22(16-6-3-2-4-7-16)32-33(23)27-31-26(35)24(37-27)15-25(34)30-18-10-11-20(28)21(29)13-18/h2-13,23-24H,14-15H2,1H3,(H,30,34)/t23-,24-/m1/s1. The second-order valence-electron chi connectivity index (χ2n) is 8.47. The molecule has 3 aromatic carbocycles. The first kappa shape index (κ1) is 24.6. The van der Waals surface area contributed by atoms with E-state index in [-0.39, 0.29) is 18.2 Å². The molecule has 0 fully saturated rings. The summed E-state index contributed by atoms with van der Waals surface area (Å²) in [7, 11) is 1.60. The number of carbonyl (C=O) groups excluding carboxylic acids is 2. The molecule has 0 radical (unpaired) electrons. The Morgan fingerprint density at radius 1 is 1.08 bits per heavy atom. The average Bonchev–Trinajstić information content (AvgIpc) is 3.51. The van der Waals surface area contributed by atoms with Crippen molar-refractivity contribution in [1.29, 1.82) is 0 Å². The molecule has 37 heavy (non-hydrogen) atoms. The number of aliphatic imine (C=N–C) groups is 1. The van der Waals surface area contributed by atoms with Gasteiger partial charge in [-0.2, -0.15) is 10.1 Å². The van der Waals surface area contributed by atoms with Gasteiger partial charge in [0.05, 0.1) is 18.9 Å². The smallest absolute Gasteiger partial charge is 0.262 e. The number of rotatable bonds is 6. The van der Waals surface area contributed by atoms with Crippen LogP contribution in [0.1, 0.15) is 30.0 Å². The van der Waals surface area contributed by atoms with Gasteiger partial charge in [-0.15, -0.1) is 0 Å². The van der Waals surface area contributed by atoms with Crippen molar-refractivity contribution >= 4 is 40.1 Å². The molecule has 0 saturated heterocycles. The number of benzene rings is 3. The predicted molar refractivity (Wildman–Crippen MR) is 139 cm³/mol. The molecule has 2 heterocycles. The van der Waals surface area contributed by atoms with Crippen molar-refractivity contribution in [1.82, 2.24) is 5.01 Å². The molecule has 2 amide bonds. The molecule has 7 nitrogen and oxygen atoms in total. The fraction of sp³-hybridized carbons (Fsp3) is 0.185. The Labute approximate surface area is 216 Å². The summed E-state index contributed by atoms with van der Waals surface area (Å²) in [5.41, 5.74) is 2.87. The van der Waals surface area contributed by atoms with E-state index in [0.717, 1.165) is 40.7 Å². The number of hydrogen-bond acceptors (Lipinski definition) is 6. The fourth-order valence-corrected chi connectivity index (χ4v) is 5.22. The molecule has 0 spiro atoms. The molecule has 3 aromatic rings. The Balaban J connectivity index is 1.35. The Morgan fingerprint density at radius 2 is 1.89 bits per heavy atom. The zero-order valence-corrected chi connectivity index (χ0v) is 20.5. The quantitative estimate of drug-likeness (QED) is 0.486. The minimum Gasteiger partial charge on any atom is -0.497 e. The Bertz CT molecular complexity index is 1410. The number of hydrazone groups is 1. The highest BCUT2D eigenvalue weighted by atomic mass is 32.2. The van der Waals surface area contributed by atoms with E-state index in [0.29, 0.717) is 17.3 Å². The number of methoxy groups -OCH3 is 1. The number of anilines is 1. The number of amidine groups is 1. The van der Waals surface area contributed by atoms with Crippen LogP contribution in [0.25, 0.3) is 0 Å². The van der Waals surface area contributed by atoms with E-state index >= 15 is 0 Å². The van der Waals surface area contributed by atoms with Crippen molar-refractivity contribution in [3.05, 3.63) is 95.6 Å². The van der Waals surface area contributed by atoms with Crippen LogP contribution in [0, 0.1) is 11.6 Å². The van der Waals surface area contributed by atoms with Gasteiger partial charge in [-0.05, 0) is 35.4 Å². The van der Waals surface area contributed by atoms with E-state index in [2.05, 4.69) is 10.3 Å². The molecule has 10 heteroatoms. The van der Waals surface area contributed by atoms with E-state index in [1.165, 1.54) is 6.07 Å². The topological polar surface area (TPSA) is 83.4 Å². The second-order valence-corrected chi connectivity index (χ2v) is 9.64. The van der Waals surface area contributed by atoms with Crippen LogP contribution in [-0.2, 0) is 9.59 Å². The van der Waals surface area contributed by atoms with Crippen LogP contribution < -0.4 is 10.1 Å². The van der Waals surface area contributed by atoms with Crippen molar-refractivity contribution in [2.24, 2.45) is 10.1 Å². The SMILES string of the molecule is COc1cccc([C@H]2CC(c3ccccc3)=NN2C2=NC(=O)[C@@H](CC(=O)Nc3ccc(F)c(F)c3)S2)c1. The highest BCUT2D eigenvalue weighted by Crippen LogP contribution is 2.39. The molecule has 0 bridgehead atoms. The van der Waals surface area contributed by atoms with Crippen LogP contribution in [0.2, 0.25) is 0 Å². The lowest BCUT2D eigenvalue weighted by molar-refractivity contribution is -0.121. The lowest BCUT2D eigenvalue weighted by Gasteiger charge is -2.23. The van der Waals surface area contributed by atoms with E-state index in [1.807, 2.05) is 54.6 Å². The van der Waals surface area contributed by atoms with Gasteiger partial charge in [0.15, 0.2) is 16.8 Å². The second kappa shape index (κ2) is 10.5. The largest absolute Gasteiger partial charge is 0.497 e. The first-order valence-corrected chi connectivity index (χ1v) is 12.4. The summed E-state index contributed by atoms with van der Waals surface area (Å²) in [6.07, 6.45) is 0.411. The highest BCUT2D eigenvalue weighted by molar-refractivity contribution is 8.15. The Morgan fingerprint density at radius 3 is 2.65 bits per heavy atom. The van der Waals surface area contributed by atoms with Crippen molar-refractivity contribution in [2.45, 2.75) is 24.1 Å². The van der Waals surface area contributed by atoms with E-state index < -0.39 is 28.7 Å². The number of nitrogens with one attached hydrogen (secondary N) is 1. The maximum atomic E-state index is 13.5. The monoisotopic (exact) mass is 520 g/mol. The van der Waals surface area contributed by atoms with E-state index in [9.17, 15) is 18.4 Å². The zero-order chi connectivity index (χ0) is 25.9. The van der Waals surface area contributed by atoms with Gasteiger partial charge in [-0.1, -0.05) is 54.2 Å². The van der Waals surface area contributed by atoms with Crippen molar-refractivity contribution in [3.8, 4) is 5.75 Å². The minimum absolute atomic E-state index is 0.107. The summed E-state index contributed by atoms with van der Waals surface area (Å²) in [4.78, 5) is 29.5. The molecular weight excluding hydrogens is 498 g/mol. The van der Waals surface area contributed by atoms with Crippen LogP contribution in [-0.4, -0.2) is 40.1 Å². The van der Waals surface area contributed by atoms with Gasteiger partial charge >= 0.3 is 0 Å². The van der Waals surface area contributed by atoms with Gasteiger partial charge in [0, 0.05) is 24.6 Å². The maximum absolute atomic E-state index is 13.5. The van der Waals surface area contributed by atoms with Gasteiger partial charge in [-0.3, -0.25) is 9.59 Å². The number of nitrogens with zero attached hydrogens (tertiary/aromatic N) is 3. The molecule has 1 N–H and O–H groups in total. The molecule has 2 atom stereocenters. The molecule has 0 aliphatic carbocycles. The molecular formula is C27H22F2N4O3S. The van der Waals surface area contributed by atoms with Crippen LogP contribution >= 0.6 is 11.8 Å². The summed E-state index contributed by atoms with van der Waals surface area (Å²) < 4.78 is 32.0. The van der Waals surface area contributed by atoms with Crippen molar-refractivity contribution < 1.29 is 23.1 Å². The van der Waals surface area contributed by atoms with Crippen LogP contribution in [0.4, 0.5) is 14.5 Å². The van der Waals surface area contributed by atoms with Crippen LogP contribution in [0.3, 0.4) is 0 Å². The van der Waals surface area contributed by atoms with E-state index in [1.54, 1.807) is 12.1 Å². The summed E-state index contributed by atoms with van der Waals surface area (Å²) in [5, 5.41) is 8.68. The molecule has 0 unspecified atom stereocenters. The lowest BCUT2D eigenvalue weighted by atomic mass is 9.98. The fourth-order valence-electron chi connectivity index (χ4n) is 4.16. The Kier molecular flexibility index (Phi) is 7.00. The summed E-state index contributed by atoms with van der Waals surface area (Å²) >= 11 is 1.16. The third kappa shape index (κ3) is 5.39. The predicted octanol–water partition coefficient (Wildman–Crippen LogP) is 5.15. The number of hydrogen-bond donors (Lipinski definition) is 1. The first-order valence-electron chi connectivity index (χ1n) is 11.5. The van der Waals surface area contributed by atoms with Crippen molar-refractivity contribution in [2.75, 3.05) is 12.4 Å².